The van der Waals surface area contributed by atoms with Crippen LogP contribution in [0.15, 0.2) is 65.9 Å². The SMILES string of the molecule is CN=C(NCCc1ccc(Cl)nc1)NCc1ccnc(Oc2ccc(F)cc2)c1. The number of hydrogen-bond acceptors (Lipinski definition) is 4. The highest BCUT2D eigenvalue weighted by atomic mass is 35.5. The highest BCUT2D eigenvalue weighted by Crippen LogP contribution is 2.20. The van der Waals surface area contributed by atoms with E-state index in [0.29, 0.717) is 35.8 Å². The molecule has 0 saturated heterocycles. The van der Waals surface area contributed by atoms with E-state index in [0.717, 1.165) is 17.5 Å². The summed E-state index contributed by atoms with van der Waals surface area (Å²) < 4.78 is 18.7. The Bertz CT molecular complexity index is 948. The van der Waals surface area contributed by atoms with Gasteiger partial charge in [0.2, 0.25) is 5.88 Å². The van der Waals surface area contributed by atoms with Gasteiger partial charge in [-0.1, -0.05) is 17.7 Å². The minimum Gasteiger partial charge on any atom is -0.439 e. The van der Waals surface area contributed by atoms with Crippen LogP contribution in [0.3, 0.4) is 0 Å². The standard InChI is InChI=1S/C21H21ClFN5O/c1-24-21(26-11-8-15-2-7-19(22)27-13-15)28-14-16-9-10-25-20(12-16)29-18-5-3-17(23)4-6-18/h2-7,9-10,12-13H,8,11,14H2,1H3,(H2,24,26,28). The highest BCUT2D eigenvalue weighted by molar-refractivity contribution is 6.29. The molecule has 0 aliphatic rings. The van der Waals surface area contributed by atoms with Gasteiger partial charge in [-0.25, -0.2) is 14.4 Å². The van der Waals surface area contributed by atoms with Gasteiger partial charge in [0, 0.05) is 38.6 Å². The number of halogens is 2. The van der Waals surface area contributed by atoms with Crippen LogP contribution in [-0.2, 0) is 13.0 Å². The first kappa shape index (κ1) is 20.5. The van der Waals surface area contributed by atoms with Crippen LogP contribution in [0.2, 0.25) is 5.15 Å². The molecule has 2 N–H and O–H groups in total. The van der Waals surface area contributed by atoms with E-state index in [-0.39, 0.29) is 5.82 Å². The van der Waals surface area contributed by atoms with Crippen molar-refractivity contribution in [1.82, 2.24) is 20.6 Å². The lowest BCUT2D eigenvalue weighted by atomic mass is 10.2. The molecule has 8 heteroatoms. The van der Waals surface area contributed by atoms with Crippen molar-refractivity contribution < 1.29 is 9.13 Å². The van der Waals surface area contributed by atoms with Crippen LogP contribution in [0.5, 0.6) is 11.6 Å². The topological polar surface area (TPSA) is 71.4 Å². The molecular formula is C21H21ClFN5O. The van der Waals surface area contributed by atoms with Crippen LogP contribution in [-0.4, -0.2) is 29.5 Å². The zero-order valence-electron chi connectivity index (χ0n) is 15.9. The number of nitrogens with zero attached hydrogens (tertiary/aromatic N) is 3. The van der Waals surface area contributed by atoms with Crippen molar-refractivity contribution in [1.29, 1.82) is 0 Å². The second kappa shape index (κ2) is 10.4. The van der Waals surface area contributed by atoms with E-state index in [1.165, 1.54) is 12.1 Å². The number of pyridine rings is 2. The molecule has 0 spiro atoms. The summed E-state index contributed by atoms with van der Waals surface area (Å²) in [5.74, 6) is 1.34. The summed E-state index contributed by atoms with van der Waals surface area (Å²) in [5, 5.41) is 6.99. The first-order valence-corrected chi connectivity index (χ1v) is 9.43. The molecule has 29 heavy (non-hydrogen) atoms. The first-order chi connectivity index (χ1) is 14.1. The maximum atomic E-state index is 13.0. The minimum absolute atomic E-state index is 0.311. The molecule has 0 saturated carbocycles. The lowest BCUT2D eigenvalue weighted by Crippen LogP contribution is -2.37. The lowest BCUT2D eigenvalue weighted by molar-refractivity contribution is 0.460. The summed E-state index contributed by atoms with van der Waals surface area (Å²) in [6.07, 6.45) is 4.23. The van der Waals surface area contributed by atoms with E-state index in [4.69, 9.17) is 16.3 Å². The zero-order chi connectivity index (χ0) is 20.5. The molecule has 150 valence electrons. The molecule has 1 aromatic carbocycles. The Balaban J connectivity index is 1.48. The van der Waals surface area contributed by atoms with Crippen molar-refractivity contribution in [2.24, 2.45) is 4.99 Å². The van der Waals surface area contributed by atoms with Crippen molar-refractivity contribution >= 4 is 17.6 Å². The van der Waals surface area contributed by atoms with Gasteiger partial charge in [-0.05, 0) is 53.9 Å². The van der Waals surface area contributed by atoms with Crippen molar-refractivity contribution in [2.75, 3.05) is 13.6 Å². The van der Waals surface area contributed by atoms with Gasteiger partial charge in [0.05, 0.1) is 0 Å². The number of nitrogens with one attached hydrogen (secondary N) is 2. The maximum Gasteiger partial charge on any atom is 0.219 e. The van der Waals surface area contributed by atoms with Gasteiger partial charge >= 0.3 is 0 Å². The average molecular weight is 414 g/mol. The number of benzene rings is 1. The lowest BCUT2D eigenvalue weighted by Gasteiger charge is -2.12. The van der Waals surface area contributed by atoms with E-state index in [2.05, 4.69) is 25.6 Å². The summed E-state index contributed by atoms with van der Waals surface area (Å²) >= 11 is 5.80. The van der Waals surface area contributed by atoms with Crippen LogP contribution >= 0.6 is 11.6 Å². The second-order valence-electron chi connectivity index (χ2n) is 6.15. The normalized spacial score (nSPS) is 11.2. The van der Waals surface area contributed by atoms with Crippen LogP contribution in [0.25, 0.3) is 0 Å². The van der Waals surface area contributed by atoms with Gasteiger partial charge in [0.1, 0.15) is 16.7 Å². The quantitative estimate of drug-likeness (QED) is 0.348. The van der Waals surface area contributed by atoms with Gasteiger partial charge in [-0.15, -0.1) is 0 Å². The summed E-state index contributed by atoms with van der Waals surface area (Å²) in [4.78, 5) is 12.5. The van der Waals surface area contributed by atoms with Gasteiger partial charge in [0.15, 0.2) is 5.96 Å². The van der Waals surface area contributed by atoms with Gasteiger partial charge in [0.25, 0.3) is 0 Å². The fraction of sp³-hybridized carbons (Fsp3) is 0.190. The van der Waals surface area contributed by atoms with Crippen molar-refractivity contribution in [2.45, 2.75) is 13.0 Å². The van der Waals surface area contributed by atoms with Crippen molar-refractivity contribution in [3.8, 4) is 11.6 Å². The number of rotatable bonds is 7. The Morgan fingerprint density at radius 3 is 2.62 bits per heavy atom. The van der Waals surface area contributed by atoms with Gasteiger partial charge in [-0.3, -0.25) is 4.99 Å². The average Bonchev–Trinajstić information content (AvgIpc) is 2.74. The molecule has 0 unspecified atom stereocenters. The third-order valence-electron chi connectivity index (χ3n) is 4.01. The van der Waals surface area contributed by atoms with Crippen molar-refractivity contribution in [3.05, 3.63) is 83.0 Å². The van der Waals surface area contributed by atoms with E-state index in [9.17, 15) is 4.39 Å². The fourth-order valence-corrected chi connectivity index (χ4v) is 2.64. The summed E-state index contributed by atoms with van der Waals surface area (Å²) in [5.41, 5.74) is 2.07. The molecule has 0 atom stereocenters. The number of guanidine groups is 1. The molecule has 0 radical (unpaired) electrons. The molecule has 0 amide bonds. The Morgan fingerprint density at radius 1 is 1.07 bits per heavy atom. The predicted octanol–water partition coefficient (Wildman–Crippen LogP) is 3.97. The molecule has 0 aliphatic heterocycles. The largest absolute Gasteiger partial charge is 0.439 e. The van der Waals surface area contributed by atoms with Gasteiger partial charge in [-0.2, -0.15) is 0 Å². The molecule has 2 heterocycles. The number of hydrogen-bond donors (Lipinski definition) is 2. The van der Waals surface area contributed by atoms with Crippen LogP contribution in [0.4, 0.5) is 4.39 Å². The van der Waals surface area contributed by atoms with Gasteiger partial charge < -0.3 is 15.4 Å². The van der Waals surface area contributed by atoms with Crippen LogP contribution < -0.4 is 15.4 Å². The third kappa shape index (κ3) is 6.73. The monoisotopic (exact) mass is 413 g/mol. The Hall–Kier alpha value is -3.19. The number of aromatic nitrogens is 2. The Morgan fingerprint density at radius 2 is 1.90 bits per heavy atom. The van der Waals surface area contributed by atoms with E-state index in [1.807, 2.05) is 18.2 Å². The Labute approximate surface area is 173 Å². The molecule has 2 aromatic heterocycles. The second-order valence-corrected chi connectivity index (χ2v) is 6.54. The summed E-state index contributed by atoms with van der Waals surface area (Å²) in [6, 6.07) is 13.2. The molecule has 0 aliphatic carbocycles. The highest BCUT2D eigenvalue weighted by Gasteiger charge is 2.03. The number of aliphatic imine (C=N–C) groups is 1. The van der Waals surface area contributed by atoms with E-state index >= 15 is 0 Å². The Kier molecular flexibility index (Phi) is 7.35. The molecular weight excluding hydrogens is 393 g/mol. The fourth-order valence-electron chi connectivity index (χ4n) is 2.53. The minimum atomic E-state index is -0.311. The smallest absolute Gasteiger partial charge is 0.219 e. The van der Waals surface area contributed by atoms with E-state index in [1.54, 1.807) is 37.6 Å². The molecule has 6 nitrogen and oxygen atoms in total. The van der Waals surface area contributed by atoms with Crippen molar-refractivity contribution in [3.63, 3.8) is 0 Å². The number of ether oxygens (including phenoxy) is 1. The van der Waals surface area contributed by atoms with E-state index < -0.39 is 0 Å². The molecule has 3 rings (SSSR count). The zero-order valence-corrected chi connectivity index (χ0v) is 16.7. The first-order valence-electron chi connectivity index (χ1n) is 9.05. The summed E-state index contributed by atoms with van der Waals surface area (Å²) in [6.45, 7) is 1.25. The summed E-state index contributed by atoms with van der Waals surface area (Å²) in [7, 11) is 1.72. The van der Waals surface area contributed by atoms with Crippen LogP contribution in [0.1, 0.15) is 11.1 Å². The maximum absolute atomic E-state index is 13.0. The molecule has 3 aromatic rings. The molecule has 0 fully saturated rings. The molecule has 0 bridgehead atoms. The van der Waals surface area contributed by atoms with Crippen LogP contribution in [0, 0.1) is 5.82 Å². The third-order valence-corrected chi connectivity index (χ3v) is 4.24. The predicted molar refractivity (Wildman–Crippen MR) is 112 cm³/mol.